The number of nitrogens with one attached hydrogen (secondary N) is 2. The summed E-state index contributed by atoms with van der Waals surface area (Å²) >= 11 is 0. The molecule has 1 aliphatic heterocycles. The van der Waals surface area contributed by atoms with Gasteiger partial charge in [-0.3, -0.25) is 9.69 Å². The van der Waals surface area contributed by atoms with Crippen molar-refractivity contribution in [3.8, 4) is 0 Å². The normalized spacial score (nSPS) is 19.6. The predicted molar refractivity (Wildman–Crippen MR) is 79.2 cm³/mol. The molecule has 0 spiro atoms. The summed E-state index contributed by atoms with van der Waals surface area (Å²) in [6.45, 7) is 9.13. The lowest BCUT2D eigenvalue weighted by atomic mass is 10.2. The summed E-state index contributed by atoms with van der Waals surface area (Å²) < 4.78 is 10.6. The van der Waals surface area contributed by atoms with Gasteiger partial charge >= 0.3 is 0 Å². The van der Waals surface area contributed by atoms with Crippen LogP contribution in [0.25, 0.3) is 0 Å². The summed E-state index contributed by atoms with van der Waals surface area (Å²) in [5.74, 6) is 1.07. The Morgan fingerprint density at radius 3 is 3.14 bits per heavy atom. The maximum atomic E-state index is 11.7. The highest BCUT2D eigenvalue weighted by Crippen LogP contribution is 2.07. The van der Waals surface area contributed by atoms with E-state index >= 15 is 0 Å². The number of carbonyl (C=O) groups is 1. The van der Waals surface area contributed by atoms with Crippen LogP contribution in [0.5, 0.6) is 0 Å². The van der Waals surface area contributed by atoms with Gasteiger partial charge in [-0.2, -0.15) is 0 Å². The van der Waals surface area contributed by atoms with E-state index in [1.165, 1.54) is 0 Å². The van der Waals surface area contributed by atoms with Gasteiger partial charge in [-0.05, 0) is 13.5 Å². The quantitative estimate of drug-likeness (QED) is 0.718. The van der Waals surface area contributed by atoms with Gasteiger partial charge in [0.05, 0.1) is 12.7 Å². The zero-order valence-corrected chi connectivity index (χ0v) is 12.7. The molecule has 1 saturated heterocycles. The van der Waals surface area contributed by atoms with Crippen molar-refractivity contribution in [1.29, 1.82) is 0 Å². The fourth-order valence-electron chi connectivity index (χ4n) is 2.29. The molecule has 2 rings (SSSR count). The molecular weight excluding hydrogens is 272 g/mol. The number of aryl methyl sites for hydroxylation is 1. The van der Waals surface area contributed by atoms with Crippen molar-refractivity contribution in [3.63, 3.8) is 0 Å². The molecular formula is C14H24N4O3. The van der Waals surface area contributed by atoms with Crippen LogP contribution < -0.4 is 10.6 Å². The number of amides is 1. The predicted octanol–water partition coefficient (Wildman–Crippen LogP) is 0.622. The molecule has 1 fully saturated rings. The van der Waals surface area contributed by atoms with Crippen LogP contribution in [0.3, 0.4) is 0 Å². The Balaban J connectivity index is 1.57. The molecule has 0 bridgehead atoms. The number of likely N-dealkylation sites (N-methyl/N-ethyl adjacent to an activating group) is 1. The number of morpholine rings is 1. The van der Waals surface area contributed by atoms with E-state index in [0.717, 1.165) is 32.8 Å². The van der Waals surface area contributed by atoms with E-state index < -0.39 is 0 Å². The SMILES string of the molecule is CCN1CCO[C@H](CNCCC(=O)Nc2cc(C)on2)C1. The molecule has 2 N–H and O–H groups in total. The van der Waals surface area contributed by atoms with Crippen molar-refractivity contribution in [2.45, 2.75) is 26.4 Å². The Hall–Kier alpha value is -1.44. The van der Waals surface area contributed by atoms with Gasteiger partial charge in [-0.15, -0.1) is 0 Å². The van der Waals surface area contributed by atoms with Gasteiger partial charge in [0, 0.05) is 38.7 Å². The van der Waals surface area contributed by atoms with E-state index in [2.05, 4.69) is 27.6 Å². The summed E-state index contributed by atoms with van der Waals surface area (Å²) in [4.78, 5) is 14.1. The highest BCUT2D eigenvalue weighted by atomic mass is 16.5. The average Bonchev–Trinajstić information content (AvgIpc) is 2.89. The van der Waals surface area contributed by atoms with Crippen LogP contribution in [-0.2, 0) is 9.53 Å². The first-order chi connectivity index (χ1) is 10.2. The molecule has 1 amide bonds. The molecule has 0 aliphatic carbocycles. The van der Waals surface area contributed by atoms with Crippen molar-refractivity contribution in [1.82, 2.24) is 15.4 Å². The lowest BCUT2D eigenvalue weighted by molar-refractivity contribution is -0.116. The van der Waals surface area contributed by atoms with E-state index in [0.29, 0.717) is 24.5 Å². The highest BCUT2D eigenvalue weighted by molar-refractivity contribution is 5.89. The lowest BCUT2D eigenvalue weighted by Crippen LogP contribution is -2.46. The van der Waals surface area contributed by atoms with E-state index in [9.17, 15) is 4.79 Å². The Morgan fingerprint density at radius 2 is 2.43 bits per heavy atom. The van der Waals surface area contributed by atoms with E-state index in [1.54, 1.807) is 13.0 Å². The van der Waals surface area contributed by atoms with Crippen LogP contribution in [0.2, 0.25) is 0 Å². The second kappa shape index (κ2) is 8.11. The van der Waals surface area contributed by atoms with Gasteiger partial charge in [0.2, 0.25) is 5.91 Å². The molecule has 0 saturated carbocycles. The monoisotopic (exact) mass is 296 g/mol. The van der Waals surface area contributed by atoms with Gasteiger partial charge in [0.25, 0.3) is 0 Å². The number of hydrogen-bond donors (Lipinski definition) is 2. The number of carbonyl (C=O) groups excluding carboxylic acids is 1. The smallest absolute Gasteiger partial charge is 0.226 e. The van der Waals surface area contributed by atoms with Gasteiger partial charge in [0.1, 0.15) is 5.76 Å². The summed E-state index contributed by atoms with van der Waals surface area (Å²) in [5, 5.41) is 9.68. The minimum Gasteiger partial charge on any atom is -0.374 e. The van der Waals surface area contributed by atoms with Gasteiger partial charge in [-0.25, -0.2) is 0 Å². The van der Waals surface area contributed by atoms with Crippen LogP contribution in [0.1, 0.15) is 19.1 Å². The Bertz CT molecular complexity index is 449. The van der Waals surface area contributed by atoms with Crippen molar-refractivity contribution in [2.75, 3.05) is 44.6 Å². The zero-order chi connectivity index (χ0) is 15.1. The van der Waals surface area contributed by atoms with E-state index in [-0.39, 0.29) is 12.0 Å². The Labute approximate surface area is 125 Å². The van der Waals surface area contributed by atoms with Crippen LogP contribution in [0, 0.1) is 6.92 Å². The molecule has 118 valence electrons. The van der Waals surface area contributed by atoms with Crippen LogP contribution in [0.15, 0.2) is 10.6 Å². The molecule has 0 aromatic carbocycles. The molecule has 7 nitrogen and oxygen atoms in total. The van der Waals surface area contributed by atoms with Crippen LogP contribution in [-0.4, -0.2) is 61.4 Å². The molecule has 1 aromatic heterocycles. The van der Waals surface area contributed by atoms with Crippen molar-refractivity contribution >= 4 is 11.7 Å². The summed E-state index contributed by atoms with van der Waals surface area (Å²) in [5.41, 5.74) is 0. The third kappa shape index (κ3) is 5.45. The summed E-state index contributed by atoms with van der Waals surface area (Å²) in [6.07, 6.45) is 0.607. The molecule has 1 aromatic rings. The number of rotatable bonds is 7. The largest absolute Gasteiger partial charge is 0.374 e. The topological polar surface area (TPSA) is 79.6 Å². The van der Waals surface area contributed by atoms with Crippen molar-refractivity contribution < 1.29 is 14.1 Å². The lowest BCUT2D eigenvalue weighted by Gasteiger charge is -2.32. The van der Waals surface area contributed by atoms with Crippen molar-refractivity contribution in [3.05, 3.63) is 11.8 Å². The summed E-state index contributed by atoms with van der Waals surface area (Å²) in [6, 6.07) is 1.69. The molecule has 21 heavy (non-hydrogen) atoms. The number of aromatic nitrogens is 1. The number of nitrogens with zero attached hydrogens (tertiary/aromatic N) is 2. The maximum absolute atomic E-state index is 11.7. The molecule has 2 heterocycles. The Kier molecular flexibility index (Phi) is 6.16. The standard InChI is InChI=1S/C14H24N4O3/c1-3-18-6-7-20-12(10-18)9-15-5-4-14(19)16-13-8-11(2)21-17-13/h8,12,15H,3-7,9-10H2,1-2H3,(H,16,17,19)/t12-/m1/s1. The first-order valence-corrected chi connectivity index (χ1v) is 7.45. The average molecular weight is 296 g/mol. The first kappa shape index (κ1) is 15.9. The van der Waals surface area contributed by atoms with Gasteiger partial charge < -0.3 is 19.9 Å². The van der Waals surface area contributed by atoms with E-state index in [4.69, 9.17) is 9.26 Å². The molecule has 7 heteroatoms. The van der Waals surface area contributed by atoms with Crippen LogP contribution in [0.4, 0.5) is 5.82 Å². The van der Waals surface area contributed by atoms with Gasteiger partial charge in [0.15, 0.2) is 5.82 Å². The number of anilines is 1. The van der Waals surface area contributed by atoms with E-state index in [1.807, 2.05) is 0 Å². The molecule has 0 radical (unpaired) electrons. The zero-order valence-electron chi connectivity index (χ0n) is 12.7. The number of ether oxygens (including phenoxy) is 1. The van der Waals surface area contributed by atoms with Gasteiger partial charge in [-0.1, -0.05) is 12.1 Å². The molecule has 1 aliphatic rings. The van der Waals surface area contributed by atoms with Crippen LogP contribution >= 0.6 is 0 Å². The fraction of sp³-hybridized carbons (Fsp3) is 0.714. The van der Waals surface area contributed by atoms with Crippen molar-refractivity contribution in [2.24, 2.45) is 0 Å². The summed E-state index contributed by atoms with van der Waals surface area (Å²) in [7, 11) is 0. The maximum Gasteiger partial charge on any atom is 0.226 e. The first-order valence-electron chi connectivity index (χ1n) is 7.45. The molecule has 1 atom stereocenters. The highest BCUT2D eigenvalue weighted by Gasteiger charge is 2.18. The molecule has 0 unspecified atom stereocenters. The number of hydrogen-bond acceptors (Lipinski definition) is 6. The second-order valence-corrected chi connectivity index (χ2v) is 5.21. The fourth-order valence-corrected chi connectivity index (χ4v) is 2.29. The third-order valence-corrected chi connectivity index (χ3v) is 3.47. The third-order valence-electron chi connectivity index (χ3n) is 3.47. The minimum atomic E-state index is -0.0736. The Morgan fingerprint density at radius 1 is 1.57 bits per heavy atom. The second-order valence-electron chi connectivity index (χ2n) is 5.21. The minimum absolute atomic E-state index is 0.0736.